The molecule has 3 nitrogen and oxygen atoms in total. The van der Waals surface area contributed by atoms with Crippen molar-refractivity contribution < 1.29 is 0 Å². The number of fused-ring (bicyclic) bond motifs is 1. The van der Waals surface area contributed by atoms with Crippen LogP contribution in [0.5, 0.6) is 0 Å². The van der Waals surface area contributed by atoms with Gasteiger partial charge in [-0.1, -0.05) is 55.7 Å². The number of imidazole rings is 1. The van der Waals surface area contributed by atoms with Crippen LogP contribution >= 0.6 is 0 Å². The fourth-order valence-electron chi connectivity index (χ4n) is 3.37. The van der Waals surface area contributed by atoms with Gasteiger partial charge >= 0.3 is 0 Å². The summed E-state index contributed by atoms with van der Waals surface area (Å²) >= 11 is 0. The Bertz CT molecular complexity index is 755. The number of anilines is 1. The van der Waals surface area contributed by atoms with E-state index in [9.17, 15) is 0 Å². The monoisotopic (exact) mass is 291 g/mol. The molecule has 0 saturated heterocycles. The first-order chi connectivity index (χ1) is 10.9. The van der Waals surface area contributed by atoms with Crippen molar-refractivity contribution in [2.75, 3.05) is 5.32 Å². The highest BCUT2D eigenvalue weighted by Gasteiger charge is 2.19. The molecule has 4 rings (SSSR count). The van der Waals surface area contributed by atoms with E-state index in [1.807, 2.05) is 12.1 Å². The standard InChI is InChI=1S/C19H21N3/c1-3-9-15(10-4-1)18-19(20-16-11-5-2-6-12-16)22-14-8-7-13-17(22)21-18/h1,3-4,7-10,13-14,16,20H,2,5-6,11-12H2. The lowest BCUT2D eigenvalue weighted by molar-refractivity contribution is 0.462. The van der Waals surface area contributed by atoms with Crippen LogP contribution in [0.1, 0.15) is 32.1 Å². The Balaban J connectivity index is 1.79. The zero-order valence-electron chi connectivity index (χ0n) is 12.7. The Morgan fingerprint density at radius 3 is 2.50 bits per heavy atom. The normalized spacial score (nSPS) is 16.0. The predicted molar refractivity (Wildman–Crippen MR) is 91.1 cm³/mol. The molecule has 1 aliphatic rings. The first kappa shape index (κ1) is 13.4. The average molecular weight is 291 g/mol. The van der Waals surface area contributed by atoms with E-state index in [0.29, 0.717) is 6.04 Å². The van der Waals surface area contributed by atoms with E-state index in [0.717, 1.165) is 17.2 Å². The zero-order valence-corrected chi connectivity index (χ0v) is 12.7. The molecule has 0 unspecified atom stereocenters. The second-order valence-electron chi connectivity index (χ2n) is 6.08. The molecule has 0 atom stereocenters. The summed E-state index contributed by atoms with van der Waals surface area (Å²) < 4.78 is 2.18. The third-order valence-corrected chi connectivity index (χ3v) is 4.52. The highest BCUT2D eigenvalue weighted by atomic mass is 15.1. The minimum atomic E-state index is 0.566. The van der Waals surface area contributed by atoms with Crippen LogP contribution in [0.25, 0.3) is 16.9 Å². The van der Waals surface area contributed by atoms with Crippen molar-refractivity contribution >= 4 is 11.5 Å². The number of rotatable bonds is 3. The summed E-state index contributed by atoms with van der Waals surface area (Å²) in [6, 6.07) is 17.2. The summed E-state index contributed by atoms with van der Waals surface area (Å²) in [5.41, 5.74) is 3.22. The summed E-state index contributed by atoms with van der Waals surface area (Å²) in [6.45, 7) is 0. The lowest BCUT2D eigenvalue weighted by atomic mass is 9.95. The Morgan fingerprint density at radius 2 is 1.68 bits per heavy atom. The number of hydrogen-bond acceptors (Lipinski definition) is 2. The van der Waals surface area contributed by atoms with Gasteiger partial charge < -0.3 is 5.32 Å². The van der Waals surface area contributed by atoms with Gasteiger partial charge in [0.1, 0.15) is 17.2 Å². The summed E-state index contributed by atoms with van der Waals surface area (Å²) in [5.74, 6) is 1.13. The quantitative estimate of drug-likeness (QED) is 0.755. The Morgan fingerprint density at radius 1 is 0.909 bits per heavy atom. The fourth-order valence-corrected chi connectivity index (χ4v) is 3.37. The number of hydrogen-bond donors (Lipinski definition) is 1. The van der Waals surface area contributed by atoms with E-state index in [1.165, 1.54) is 37.7 Å². The highest BCUT2D eigenvalue weighted by molar-refractivity contribution is 5.76. The zero-order chi connectivity index (χ0) is 14.8. The van der Waals surface area contributed by atoms with Crippen LogP contribution in [0.2, 0.25) is 0 Å². The maximum absolute atomic E-state index is 4.85. The van der Waals surface area contributed by atoms with Gasteiger partial charge in [0.15, 0.2) is 0 Å². The number of nitrogens with zero attached hydrogens (tertiary/aromatic N) is 2. The molecule has 2 heterocycles. The summed E-state index contributed by atoms with van der Waals surface area (Å²) in [5, 5.41) is 3.77. The molecule has 0 radical (unpaired) electrons. The van der Waals surface area contributed by atoms with Gasteiger partial charge in [0.25, 0.3) is 0 Å². The van der Waals surface area contributed by atoms with Crippen LogP contribution in [0.3, 0.4) is 0 Å². The van der Waals surface area contributed by atoms with Crippen molar-refractivity contribution in [3.63, 3.8) is 0 Å². The van der Waals surface area contributed by atoms with Crippen LogP contribution in [-0.2, 0) is 0 Å². The van der Waals surface area contributed by atoms with Crippen LogP contribution in [0.4, 0.5) is 5.82 Å². The Kier molecular flexibility index (Phi) is 3.55. The second kappa shape index (κ2) is 5.84. The van der Waals surface area contributed by atoms with Gasteiger partial charge in [0.2, 0.25) is 0 Å². The van der Waals surface area contributed by atoms with Crippen molar-refractivity contribution in [2.24, 2.45) is 0 Å². The smallest absolute Gasteiger partial charge is 0.139 e. The van der Waals surface area contributed by atoms with E-state index in [2.05, 4.69) is 52.3 Å². The van der Waals surface area contributed by atoms with E-state index in [1.54, 1.807) is 0 Å². The molecule has 0 bridgehead atoms. The van der Waals surface area contributed by atoms with Gasteiger partial charge in [-0.15, -0.1) is 0 Å². The molecule has 1 aromatic carbocycles. The first-order valence-electron chi connectivity index (χ1n) is 8.21. The number of nitrogens with one attached hydrogen (secondary N) is 1. The van der Waals surface area contributed by atoms with Gasteiger partial charge in [0, 0.05) is 17.8 Å². The molecule has 0 amide bonds. The fraction of sp³-hybridized carbons (Fsp3) is 0.316. The van der Waals surface area contributed by atoms with Crippen molar-refractivity contribution in [3.05, 3.63) is 54.7 Å². The lowest BCUT2D eigenvalue weighted by Gasteiger charge is -2.24. The molecule has 1 saturated carbocycles. The predicted octanol–water partition coefficient (Wildman–Crippen LogP) is 4.75. The van der Waals surface area contributed by atoms with Gasteiger partial charge in [-0.05, 0) is 25.0 Å². The van der Waals surface area contributed by atoms with Crippen molar-refractivity contribution in [1.29, 1.82) is 0 Å². The van der Waals surface area contributed by atoms with E-state index >= 15 is 0 Å². The summed E-state index contributed by atoms with van der Waals surface area (Å²) in [6.07, 6.45) is 8.64. The Hall–Kier alpha value is -2.29. The molecular weight excluding hydrogens is 270 g/mol. The minimum absolute atomic E-state index is 0.566. The lowest BCUT2D eigenvalue weighted by Crippen LogP contribution is -2.23. The third kappa shape index (κ3) is 2.47. The minimum Gasteiger partial charge on any atom is -0.367 e. The number of benzene rings is 1. The van der Waals surface area contributed by atoms with Crippen LogP contribution < -0.4 is 5.32 Å². The topological polar surface area (TPSA) is 29.3 Å². The Labute approximate surface area is 131 Å². The van der Waals surface area contributed by atoms with Crippen LogP contribution in [0, 0.1) is 0 Å². The van der Waals surface area contributed by atoms with E-state index in [-0.39, 0.29) is 0 Å². The first-order valence-corrected chi connectivity index (χ1v) is 8.21. The summed E-state index contributed by atoms with van der Waals surface area (Å²) in [4.78, 5) is 4.85. The molecule has 22 heavy (non-hydrogen) atoms. The molecule has 1 N–H and O–H groups in total. The number of pyridine rings is 1. The van der Waals surface area contributed by atoms with Gasteiger partial charge in [0.05, 0.1) is 0 Å². The summed E-state index contributed by atoms with van der Waals surface area (Å²) in [7, 11) is 0. The number of aromatic nitrogens is 2. The molecule has 3 heteroatoms. The maximum Gasteiger partial charge on any atom is 0.139 e. The molecule has 112 valence electrons. The largest absolute Gasteiger partial charge is 0.367 e. The van der Waals surface area contributed by atoms with Gasteiger partial charge in [-0.2, -0.15) is 0 Å². The molecule has 0 spiro atoms. The van der Waals surface area contributed by atoms with Crippen LogP contribution in [0.15, 0.2) is 54.7 Å². The SMILES string of the molecule is c1ccc(-c2nc3ccccn3c2NC2CCCCC2)cc1. The molecule has 0 aliphatic heterocycles. The maximum atomic E-state index is 4.85. The van der Waals surface area contributed by atoms with E-state index < -0.39 is 0 Å². The third-order valence-electron chi connectivity index (χ3n) is 4.52. The molecule has 2 aromatic heterocycles. The average Bonchev–Trinajstić information content (AvgIpc) is 2.95. The van der Waals surface area contributed by atoms with Crippen molar-refractivity contribution in [2.45, 2.75) is 38.1 Å². The van der Waals surface area contributed by atoms with Crippen molar-refractivity contribution in [1.82, 2.24) is 9.38 Å². The van der Waals surface area contributed by atoms with Crippen molar-refractivity contribution in [3.8, 4) is 11.3 Å². The van der Waals surface area contributed by atoms with Gasteiger partial charge in [-0.25, -0.2) is 4.98 Å². The highest BCUT2D eigenvalue weighted by Crippen LogP contribution is 2.31. The molecular formula is C19H21N3. The van der Waals surface area contributed by atoms with E-state index in [4.69, 9.17) is 4.98 Å². The molecule has 3 aromatic rings. The molecule has 1 aliphatic carbocycles. The van der Waals surface area contributed by atoms with Crippen LogP contribution in [-0.4, -0.2) is 15.4 Å². The second-order valence-corrected chi connectivity index (χ2v) is 6.08. The molecule has 1 fully saturated rings. The van der Waals surface area contributed by atoms with Gasteiger partial charge in [-0.3, -0.25) is 4.40 Å².